The van der Waals surface area contributed by atoms with Crippen LogP contribution in [0.2, 0.25) is 15.1 Å². The van der Waals surface area contributed by atoms with Crippen LogP contribution in [-0.4, -0.2) is 27.9 Å². The molecule has 0 radical (unpaired) electrons. The SMILES string of the molecule is O=c1c(Cl)c(Cl)cnn1-c1ccc(NCCCCNc2ccccn2)c(Cl)c1. The van der Waals surface area contributed by atoms with Gasteiger partial charge in [-0.15, -0.1) is 0 Å². The van der Waals surface area contributed by atoms with Crippen molar-refractivity contribution in [1.29, 1.82) is 0 Å². The fourth-order valence-electron chi connectivity index (χ4n) is 2.53. The minimum atomic E-state index is -0.494. The summed E-state index contributed by atoms with van der Waals surface area (Å²) in [5.74, 6) is 0.875. The summed E-state index contributed by atoms with van der Waals surface area (Å²) in [6.07, 6.45) is 5.04. The topological polar surface area (TPSA) is 71.8 Å². The highest BCUT2D eigenvalue weighted by Gasteiger charge is 2.10. The van der Waals surface area contributed by atoms with Crippen LogP contribution < -0.4 is 16.2 Å². The van der Waals surface area contributed by atoms with Gasteiger partial charge in [-0.2, -0.15) is 9.78 Å². The van der Waals surface area contributed by atoms with Crippen molar-refractivity contribution >= 4 is 46.3 Å². The lowest BCUT2D eigenvalue weighted by Gasteiger charge is -2.11. The Morgan fingerprint density at radius 1 is 0.964 bits per heavy atom. The number of pyridine rings is 1. The summed E-state index contributed by atoms with van der Waals surface area (Å²) in [5, 5.41) is 11.1. The molecule has 28 heavy (non-hydrogen) atoms. The molecule has 0 aliphatic rings. The van der Waals surface area contributed by atoms with E-state index < -0.39 is 5.56 Å². The lowest BCUT2D eigenvalue weighted by Crippen LogP contribution is -2.21. The first-order valence-electron chi connectivity index (χ1n) is 8.68. The molecular weight excluding hydrogens is 421 g/mol. The maximum absolute atomic E-state index is 12.2. The Hall–Kier alpha value is -2.28. The van der Waals surface area contributed by atoms with Crippen LogP contribution in [0, 0.1) is 0 Å². The number of anilines is 2. The summed E-state index contributed by atoms with van der Waals surface area (Å²) < 4.78 is 1.16. The van der Waals surface area contributed by atoms with Gasteiger partial charge < -0.3 is 10.6 Å². The van der Waals surface area contributed by atoms with Crippen molar-refractivity contribution in [1.82, 2.24) is 14.8 Å². The van der Waals surface area contributed by atoms with E-state index in [2.05, 4.69) is 20.7 Å². The molecule has 0 bridgehead atoms. The van der Waals surface area contributed by atoms with Crippen LogP contribution >= 0.6 is 34.8 Å². The molecule has 1 aromatic carbocycles. The molecule has 3 aromatic rings. The van der Waals surface area contributed by atoms with Gasteiger partial charge >= 0.3 is 0 Å². The zero-order valence-electron chi connectivity index (χ0n) is 14.8. The van der Waals surface area contributed by atoms with Crippen LogP contribution in [0.5, 0.6) is 0 Å². The van der Waals surface area contributed by atoms with E-state index in [4.69, 9.17) is 34.8 Å². The zero-order chi connectivity index (χ0) is 19.9. The predicted octanol–water partition coefficient (Wildman–Crippen LogP) is 4.89. The normalized spacial score (nSPS) is 10.7. The quantitative estimate of drug-likeness (QED) is 0.490. The van der Waals surface area contributed by atoms with E-state index in [1.165, 1.54) is 6.20 Å². The Morgan fingerprint density at radius 3 is 2.46 bits per heavy atom. The highest BCUT2D eigenvalue weighted by molar-refractivity contribution is 6.41. The molecule has 0 spiro atoms. The molecule has 0 atom stereocenters. The van der Waals surface area contributed by atoms with E-state index in [9.17, 15) is 4.79 Å². The fraction of sp³-hybridized carbons (Fsp3) is 0.211. The molecule has 2 N–H and O–H groups in total. The van der Waals surface area contributed by atoms with E-state index in [0.29, 0.717) is 10.7 Å². The largest absolute Gasteiger partial charge is 0.384 e. The first kappa shape index (κ1) is 20.5. The Morgan fingerprint density at radius 2 is 1.75 bits per heavy atom. The molecule has 0 amide bonds. The number of benzene rings is 1. The van der Waals surface area contributed by atoms with Gasteiger partial charge in [-0.1, -0.05) is 40.9 Å². The smallest absolute Gasteiger partial charge is 0.291 e. The van der Waals surface area contributed by atoms with Crippen LogP contribution in [0.25, 0.3) is 5.69 Å². The minimum Gasteiger partial charge on any atom is -0.384 e. The average Bonchev–Trinajstić information content (AvgIpc) is 2.71. The second kappa shape index (κ2) is 9.78. The summed E-state index contributed by atoms with van der Waals surface area (Å²) in [4.78, 5) is 16.4. The van der Waals surface area contributed by atoms with Crippen LogP contribution in [-0.2, 0) is 0 Å². The van der Waals surface area contributed by atoms with Gasteiger partial charge in [0.15, 0.2) is 0 Å². The van der Waals surface area contributed by atoms with Crippen molar-refractivity contribution in [2.45, 2.75) is 12.8 Å². The molecule has 3 rings (SSSR count). The van der Waals surface area contributed by atoms with Crippen molar-refractivity contribution < 1.29 is 0 Å². The maximum Gasteiger partial charge on any atom is 0.291 e. The molecule has 2 heterocycles. The first-order chi connectivity index (χ1) is 13.6. The number of hydrogen-bond acceptors (Lipinski definition) is 5. The summed E-state index contributed by atoms with van der Waals surface area (Å²) in [6.45, 7) is 1.62. The standard InChI is InChI=1S/C19H18Cl3N5O/c20-14-11-13(27-19(28)18(22)15(21)12-26-27)6-7-16(14)23-8-3-4-10-25-17-5-1-2-9-24-17/h1-2,5-7,9,11-12,23H,3-4,8,10H2,(H,24,25). The monoisotopic (exact) mass is 437 g/mol. The third-order valence-electron chi connectivity index (χ3n) is 3.96. The van der Waals surface area contributed by atoms with Gasteiger partial charge in [-0.05, 0) is 43.2 Å². The number of nitrogens with one attached hydrogen (secondary N) is 2. The molecule has 0 saturated carbocycles. The van der Waals surface area contributed by atoms with E-state index in [1.54, 1.807) is 24.4 Å². The second-order valence-electron chi connectivity index (χ2n) is 5.96. The second-order valence-corrected chi connectivity index (χ2v) is 7.16. The Balaban J connectivity index is 1.52. The summed E-state index contributed by atoms with van der Waals surface area (Å²) in [5.41, 5.74) is 0.807. The van der Waals surface area contributed by atoms with E-state index in [1.807, 2.05) is 18.2 Å². The van der Waals surface area contributed by atoms with Gasteiger partial charge in [0.1, 0.15) is 10.8 Å². The van der Waals surface area contributed by atoms with Gasteiger partial charge in [0.2, 0.25) is 0 Å². The van der Waals surface area contributed by atoms with Crippen LogP contribution in [0.1, 0.15) is 12.8 Å². The van der Waals surface area contributed by atoms with Crippen molar-refractivity contribution in [3.63, 3.8) is 0 Å². The number of nitrogens with zero attached hydrogens (tertiary/aromatic N) is 3. The summed E-state index contributed by atoms with van der Waals surface area (Å²) in [7, 11) is 0. The fourth-order valence-corrected chi connectivity index (χ4v) is 3.03. The van der Waals surface area contributed by atoms with E-state index in [-0.39, 0.29) is 10.0 Å². The third-order valence-corrected chi connectivity index (χ3v) is 5.02. The van der Waals surface area contributed by atoms with Gasteiger partial charge in [-0.3, -0.25) is 4.79 Å². The Bertz CT molecular complexity index is 995. The van der Waals surface area contributed by atoms with Crippen LogP contribution in [0.15, 0.2) is 53.6 Å². The number of rotatable bonds is 8. The highest BCUT2D eigenvalue weighted by Crippen LogP contribution is 2.25. The van der Waals surface area contributed by atoms with Gasteiger partial charge in [0, 0.05) is 19.3 Å². The van der Waals surface area contributed by atoms with E-state index >= 15 is 0 Å². The summed E-state index contributed by atoms with van der Waals surface area (Å²) >= 11 is 18.0. The van der Waals surface area contributed by atoms with E-state index in [0.717, 1.165) is 42.1 Å². The highest BCUT2D eigenvalue weighted by atomic mass is 35.5. The number of hydrogen-bond donors (Lipinski definition) is 2. The van der Waals surface area contributed by atoms with Crippen LogP contribution in [0.4, 0.5) is 11.5 Å². The number of halogens is 3. The average molecular weight is 439 g/mol. The van der Waals surface area contributed by atoms with Gasteiger partial charge in [-0.25, -0.2) is 4.98 Å². The van der Waals surface area contributed by atoms with Crippen LogP contribution in [0.3, 0.4) is 0 Å². The first-order valence-corrected chi connectivity index (χ1v) is 9.81. The van der Waals surface area contributed by atoms with Crippen molar-refractivity contribution in [3.8, 4) is 5.69 Å². The third kappa shape index (κ3) is 5.16. The van der Waals surface area contributed by atoms with Crippen molar-refractivity contribution in [2.24, 2.45) is 0 Å². The lowest BCUT2D eigenvalue weighted by atomic mass is 10.2. The van der Waals surface area contributed by atoms with Crippen molar-refractivity contribution in [2.75, 3.05) is 23.7 Å². The van der Waals surface area contributed by atoms with Gasteiger partial charge in [0.05, 0.1) is 27.6 Å². The molecule has 0 fully saturated rings. The molecule has 0 aliphatic heterocycles. The molecule has 146 valence electrons. The van der Waals surface area contributed by atoms with Gasteiger partial charge in [0.25, 0.3) is 5.56 Å². The molecule has 9 heteroatoms. The number of aromatic nitrogens is 3. The molecule has 6 nitrogen and oxygen atoms in total. The molecule has 0 saturated heterocycles. The summed E-state index contributed by atoms with van der Waals surface area (Å²) in [6, 6.07) is 11.0. The molecule has 0 unspecified atom stereocenters. The predicted molar refractivity (Wildman–Crippen MR) is 115 cm³/mol. The Labute approximate surface area is 177 Å². The molecule has 2 aromatic heterocycles. The lowest BCUT2D eigenvalue weighted by molar-refractivity contribution is 0.792. The maximum atomic E-state index is 12.2. The number of unbranched alkanes of at least 4 members (excludes halogenated alkanes) is 1. The molecular formula is C19H18Cl3N5O. The molecule has 0 aliphatic carbocycles. The minimum absolute atomic E-state index is 0.0747. The van der Waals surface area contributed by atoms with Crippen molar-refractivity contribution in [3.05, 3.63) is 74.2 Å². The Kier molecular flexibility index (Phi) is 7.14. The zero-order valence-corrected chi connectivity index (χ0v) is 17.1.